The van der Waals surface area contributed by atoms with E-state index in [1.165, 1.54) is 16.9 Å². The van der Waals surface area contributed by atoms with E-state index in [9.17, 15) is 4.79 Å². The Morgan fingerprint density at radius 1 is 1.50 bits per heavy atom. The van der Waals surface area contributed by atoms with Crippen LogP contribution in [0, 0.1) is 0 Å². The SMILES string of the molecule is CCOC(=O)Cc1csc(NN=Cc2ccc3c(c2)CCC(C)(C)O3)n1. The fraction of sp³-hybridized carbons (Fsp3) is 0.421. The molecular weight excluding hydrogens is 350 g/mol. The molecule has 0 spiro atoms. The second-order valence-corrected chi connectivity index (χ2v) is 7.58. The van der Waals surface area contributed by atoms with Crippen LogP contribution in [-0.4, -0.2) is 29.4 Å². The van der Waals surface area contributed by atoms with Crippen LogP contribution < -0.4 is 10.2 Å². The molecule has 0 aliphatic carbocycles. The second kappa shape index (κ2) is 7.86. The molecule has 1 aliphatic heterocycles. The number of esters is 1. The standard InChI is InChI=1S/C19H23N3O3S/c1-4-24-17(23)10-15-12-26-18(21-15)22-20-11-13-5-6-16-14(9-13)7-8-19(2,3)25-16/h5-6,9,11-12H,4,7-8,10H2,1-3H3,(H,21,22). The molecule has 2 aromatic rings. The Morgan fingerprint density at radius 3 is 3.15 bits per heavy atom. The van der Waals surface area contributed by atoms with E-state index in [0.717, 1.165) is 24.2 Å². The molecule has 3 rings (SSSR count). The number of fused-ring (bicyclic) bond motifs is 1. The largest absolute Gasteiger partial charge is 0.488 e. The van der Waals surface area contributed by atoms with Gasteiger partial charge in [-0.2, -0.15) is 5.10 Å². The van der Waals surface area contributed by atoms with E-state index >= 15 is 0 Å². The molecule has 0 saturated carbocycles. The van der Waals surface area contributed by atoms with Crippen LogP contribution in [0.2, 0.25) is 0 Å². The van der Waals surface area contributed by atoms with Crippen molar-refractivity contribution in [2.24, 2.45) is 5.10 Å². The lowest BCUT2D eigenvalue weighted by Crippen LogP contribution is -2.32. The molecule has 0 bridgehead atoms. The molecular formula is C19H23N3O3S. The van der Waals surface area contributed by atoms with Crippen molar-refractivity contribution >= 4 is 28.7 Å². The lowest BCUT2D eigenvalue weighted by atomic mass is 9.93. The summed E-state index contributed by atoms with van der Waals surface area (Å²) in [6, 6.07) is 6.08. The number of hydrazone groups is 1. The van der Waals surface area contributed by atoms with E-state index < -0.39 is 0 Å². The van der Waals surface area contributed by atoms with Crippen molar-refractivity contribution in [2.45, 2.75) is 45.6 Å². The molecule has 0 fully saturated rings. The molecule has 0 radical (unpaired) electrons. The van der Waals surface area contributed by atoms with Gasteiger partial charge >= 0.3 is 5.97 Å². The van der Waals surface area contributed by atoms with Crippen LogP contribution in [0.1, 0.15) is 44.0 Å². The number of ether oxygens (including phenoxy) is 2. The number of aryl methyl sites for hydroxylation is 1. The van der Waals surface area contributed by atoms with Crippen LogP contribution in [-0.2, 0) is 22.4 Å². The molecule has 0 saturated heterocycles. The third kappa shape index (κ3) is 4.82. The van der Waals surface area contributed by atoms with Crippen LogP contribution in [0.5, 0.6) is 5.75 Å². The summed E-state index contributed by atoms with van der Waals surface area (Å²) >= 11 is 1.40. The number of nitrogens with zero attached hydrogens (tertiary/aromatic N) is 2. The second-order valence-electron chi connectivity index (χ2n) is 6.72. The Labute approximate surface area is 157 Å². The number of hydrogen-bond donors (Lipinski definition) is 1. The monoisotopic (exact) mass is 373 g/mol. The van der Waals surface area contributed by atoms with Crippen molar-refractivity contribution in [1.29, 1.82) is 0 Å². The van der Waals surface area contributed by atoms with E-state index in [2.05, 4.69) is 35.4 Å². The molecule has 7 heteroatoms. The average molecular weight is 373 g/mol. The number of carbonyl (C=O) groups excluding carboxylic acids is 1. The highest BCUT2D eigenvalue weighted by atomic mass is 32.1. The van der Waals surface area contributed by atoms with Crippen molar-refractivity contribution < 1.29 is 14.3 Å². The van der Waals surface area contributed by atoms with Gasteiger partial charge in [0, 0.05) is 5.38 Å². The van der Waals surface area contributed by atoms with Gasteiger partial charge in [-0.3, -0.25) is 10.2 Å². The van der Waals surface area contributed by atoms with Gasteiger partial charge in [-0.1, -0.05) is 0 Å². The smallest absolute Gasteiger partial charge is 0.311 e. The predicted octanol–water partition coefficient (Wildman–Crippen LogP) is 3.80. The van der Waals surface area contributed by atoms with Gasteiger partial charge in [0.1, 0.15) is 11.4 Å². The fourth-order valence-corrected chi connectivity index (χ4v) is 3.38. The zero-order chi connectivity index (χ0) is 18.6. The van der Waals surface area contributed by atoms with Crippen LogP contribution in [0.4, 0.5) is 5.13 Å². The van der Waals surface area contributed by atoms with Gasteiger partial charge in [0.15, 0.2) is 0 Å². The van der Waals surface area contributed by atoms with E-state index in [-0.39, 0.29) is 18.0 Å². The summed E-state index contributed by atoms with van der Waals surface area (Å²) < 4.78 is 10.9. The summed E-state index contributed by atoms with van der Waals surface area (Å²) in [5, 5.41) is 6.70. The van der Waals surface area contributed by atoms with E-state index in [1.807, 2.05) is 17.5 Å². The fourth-order valence-electron chi connectivity index (χ4n) is 2.72. The maximum Gasteiger partial charge on any atom is 0.311 e. The normalized spacial score (nSPS) is 15.3. The number of hydrogen-bond acceptors (Lipinski definition) is 7. The Hall–Kier alpha value is -2.41. The molecule has 138 valence electrons. The Morgan fingerprint density at radius 2 is 2.35 bits per heavy atom. The highest BCUT2D eigenvalue weighted by Crippen LogP contribution is 2.33. The maximum atomic E-state index is 11.5. The first-order chi connectivity index (χ1) is 12.4. The van der Waals surface area contributed by atoms with Gasteiger partial charge in [0.25, 0.3) is 0 Å². The third-order valence-corrected chi connectivity index (χ3v) is 4.82. The van der Waals surface area contributed by atoms with Crippen LogP contribution in [0.15, 0.2) is 28.7 Å². The van der Waals surface area contributed by atoms with Crippen molar-refractivity contribution in [3.05, 3.63) is 40.4 Å². The van der Waals surface area contributed by atoms with Crippen LogP contribution in [0.25, 0.3) is 0 Å². The molecule has 0 unspecified atom stereocenters. The van der Waals surface area contributed by atoms with E-state index in [1.54, 1.807) is 13.1 Å². The minimum Gasteiger partial charge on any atom is -0.488 e. The minimum atomic E-state index is -0.271. The van der Waals surface area contributed by atoms with Gasteiger partial charge < -0.3 is 9.47 Å². The predicted molar refractivity (Wildman–Crippen MR) is 103 cm³/mol. The topological polar surface area (TPSA) is 72.8 Å². The summed E-state index contributed by atoms with van der Waals surface area (Å²) in [6.07, 6.45) is 3.94. The Balaban J connectivity index is 1.58. The molecule has 0 atom stereocenters. The molecule has 2 heterocycles. The van der Waals surface area contributed by atoms with Crippen molar-refractivity contribution in [3.8, 4) is 5.75 Å². The van der Waals surface area contributed by atoms with Crippen molar-refractivity contribution in [3.63, 3.8) is 0 Å². The lowest BCUT2D eigenvalue weighted by Gasteiger charge is -2.32. The molecule has 1 aromatic heterocycles. The van der Waals surface area contributed by atoms with E-state index in [4.69, 9.17) is 9.47 Å². The van der Waals surface area contributed by atoms with Crippen molar-refractivity contribution in [1.82, 2.24) is 4.98 Å². The minimum absolute atomic E-state index is 0.101. The van der Waals surface area contributed by atoms with Crippen molar-refractivity contribution in [2.75, 3.05) is 12.0 Å². The first-order valence-corrected chi connectivity index (χ1v) is 9.54. The van der Waals surface area contributed by atoms with E-state index in [0.29, 0.717) is 17.4 Å². The van der Waals surface area contributed by atoms with Crippen LogP contribution in [0.3, 0.4) is 0 Å². The zero-order valence-corrected chi connectivity index (χ0v) is 16.1. The average Bonchev–Trinajstić information content (AvgIpc) is 3.02. The van der Waals surface area contributed by atoms with Gasteiger partial charge in [0.2, 0.25) is 5.13 Å². The van der Waals surface area contributed by atoms with Crippen LogP contribution >= 0.6 is 11.3 Å². The number of benzene rings is 1. The third-order valence-electron chi connectivity index (χ3n) is 4.02. The molecule has 6 nitrogen and oxygen atoms in total. The lowest BCUT2D eigenvalue weighted by molar-refractivity contribution is -0.142. The number of aromatic nitrogens is 1. The molecule has 26 heavy (non-hydrogen) atoms. The van der Waals surface area contributed by atoms with Gasteiger partial charge in [-0.05, 0) is 62.9 Å². The number of nitrogens with one attached hydrogen (secondary N) is 1. The number of anilines is 1. The molecule has 0 amide bonds. The van der Waals surface area contributed by atoms with Gasteiger partial charge in [-0.25, -0.2) is 4.98 Å². The Kier molecular flexibility index (Phi) is 5.56. The molecule has 1 aromatic carbocycles. The molecule has 1 aliphatic rings. The summed E-state index contributed by atoms with van der Waals surface area (Å²) in [5.41, 5.74) is 5.70. The summed E-state index contributed by atoms with van der Waals surface area (Å²) in [6.45, 7) is 6.38. The molecule has 1 N–H and O–H groups in total. The Bertz CT molecular complexity index is 814. The summed E-state index contributed by atoms with van der Waals surface area (Å²) in [4.78, 5) is 15.8. The summed E-state index contributed by atoms with van der Waals surface area (Å²) in [5.74, 6) is 0.683. The highest BCUT2D eigenvalue weighted by molar-refractivity contribution is 7.13. The van der Waals surface area contributed by atoms with Gasteiger partial charge in [0.05, 0.1) is 24.9 Å². The number of rotatable bonds is 6. The zero-order valence-electron chi connectivity index (χ0n) is 15.2. The number of carbonyl (C=O) groups is 1. The highest BCUT2D eigenvalue weighted by Gasteiger charge is 2.26. The first kappa shape index (κ1) is 18.4. The summed E-state index contributed by atoms with van der Waals surface area (Å²) in [7, 11) is 0. The quantitative estimate of drug-likeness (QED) is 0.474. The number of thiazole rings is 1. The first-order valence-electron chi connectivity index (χ1n) is 8.66. The van der Waals surface area contributed by atoms with Gasteiger partial charge in [-0.15, -0.1) is 11.3 Å². The maximum absolute atomic E-state index is 11.5.